The SMILES string of the molecule is C=C[C@@H](OCc1ccc(OC)cc1)[C@]1(/C=C/I)COC(C)(C)O1. The Kier molecular flexibility index (Phi) is 6.25. The minimum absolute atomic E-state index is 0.308. The Morgan fingerprint density at radius 3 is 2.52 bits per heavy atom. The van der Waals surface area contributed by atoms with Crippen LogP contribution >= 0.6 is 22.6 Å². The first-order valence-electron chi connectivity index (χ1n) is 7.44. The molecule has 0 unspecified atom stereocenters. The molecule has 1 aliphatic heterocycles. The van der Waals surface area contributed by atoms with Crippen LogP contribution in [0.3, 0.4) is 0 Å². The van der Waals surface area contributed by atoms with Crippen LogP contribution in [0.2, 0.25) is 0 Å². The molecule has 0 spiro atoms. The second-order valence-corrected chi connectivity index (χ2v) is 6.57. The van der Waals surface area contributed by atoms with Gasteiger partial charge in [0.15, 0.2) is 5.79 Å². The van der Waals surface area contributed by atoms with E-state index in [0.717, 1.165) is 11.3 Å². The zero-order valence-corrected chi connectivity index (χ0v) is 15.9. The highest BCUT2D eigenvalue weighted by Gasteiger charge is 2.48. The van der Waals surface area contributed by atoms with Gasteiger partial charge in [-0.25, -0.2) is 0 Å². The molecule has 0 amide bonds. The molecular formula is C18H23IO4. The number of methoxy groups -OCH3 is 1. The van der Waals surface area contributed by atoms with Gasteiger partial charge < -0.3 is 18.9 Å². The van der Waals surface area contributed by atoms with Crippen molar-refractivity contribution in [3.05, 3.63) is 52.6 Å². The van der Waals surface area contributed by atoms with E-state index in [4.69, 9.17) is 18.9 Å². The Labute approximate surface area is 151 Å². The smallest absolute Gasteiger partial charge is 0.164 e. The van der Waals surface area contributed by atoms with Crippen molar-refractivity contribution < 1.29 is 18.9 Å². The molecule has 2 rings (SSSR count). The molecule has 0 saturated carbocycles. The van der Waals surface area contributed by atoms with Crippen LogP contribution in [0.5, 0.6) is 5.75 Å². The Morgan fingerprint density at radius 1 is 1.35 bits per heavy atom. The summed E-state index contributed by atoms with van der Waals surface area (Å²) >= 11 is 2.18. The van der Waals surface area contributed by atoms with Crippen molar-refractivity contribution in [3.8, 4) is 5.75 Å². The Balaban J connectivity index is 2.09. The molecule has 23 heavy (non-hydrogen) atoms. The third-order valence-corrected chi connectivity index (χ3v) is 4.07. The first-order valence-corrected chi connectivity index (χ1v) is 8.68. The summed E-state index contributed by atoms with van der Waals surface area (Å²) in [7, 11) is 1.65. The lowest BCUT2D eigenvalue weighted by Crippen LogP contribution is -2.44. The van der Waals surface area contributed by atoms with Crippen LogP contribution in [-0.4, -0.2) is 31.2 Å². The summed E-state index contributed by atoms with van der Waals surface area (Å²) < 4.78 is 25.0. The second kappa shape index (κ2) is 7.79. The molecular weight excluding hydrogens is 407 g/mol. The molecule has 2 atom stereocenters. The normalized spacial score (nSPS) is 24.7. The van der Waals surface area contributed by atoms with Crippen molar-refractivity contribution >= 4 is 22.6 Å². The molecule has 1 aromatic carbocycles. The summed E-state index contributed by atoms with van der Waals surface area (Å²) in [5.41, 5.74) is 0.406. The maximum atomic E-state index is 6.12. The molecule has 4 nitrogen and oxygen atoms in total. The summed E-state index contributed by atoms with van der Waals surface area (Å²) in [5.74, 6) is 0.188. The van der Waals surface area contributed by atoms with Crippen molar-refractivity contribution in [3.63, 3.8) is 0 Å². The van der Waals surface area contributed by atoms with Gasteiger partial charge in [0.2, 0.25) is 0 Å². The number of rotatable bonds is 7. The second-order valence-electron chi connectivity index (χ2n) is 5.85. The van der Waals surface area contributed by atoms with Gasteiger partial charge in [-0.15, -0.1) is 6.58 Å². The van der Waals surface area contributed by atoms with Gasteiger partial charge in [-0.3, -0.25) is 0 Å². The molecule has 0 N–H and O–H groups in total. The van der Waals surface area contributed by atoms with E-state index in [-0.39, 0.29) is 6.10 Å². The fourth-order valence-electron chi connectivity index (χ4n) is 2.54. The van der Waals surface area contributed by atoms with Crippen LogP contribution in [0.4, 0.5) is 0 Å². The quantitative estimate of drug-likeness (QED) is 0.479. The van der Waals surface area contributed by atoms with Crippen molar-refractivity contribution in [2.45, 2.75) is 37.9 Å². The number of hydrogen-bond acceptors (Lipinski definition) is 4. The first-order chi connectivity index (χ1) is 10.9. The van der Waals surface area contributed by atoms with Crippen LogP contribution in [0.15, 0.2) is 47.1 Å². The molecule has 1 aromatic rings. The van der Waals surface area contributed by atoms with Gasteiger partial charge in [0.05, 0.1) is 20.3 Å². The third kappa shape index (κ3) is 4.56. The van der Waals surface area contributed by atoms with Crippen molar-refractivity contribution in [1.82, 2.24) is 0 Å². The lowest BCUT2D eigenvalue weighted by atomic mass is 9.97. The average molecular weight is 430 g/mol. The van der Waals surface area contributed by atoms with Gasteiger partial charge in [-0.05, 0) is 41.7 Å². The van der Waals surface area contributed by atoms with Crippen molar-refractivity contribution in [2.75, 3.05) is 13.7 Å². The highest BCUT2D eigenvalue weighted by molar-refractivity contribution is 14.1. The van der Waals surface area contributed by atoms with Crippen LogP contribution in [0, 0.1) is 0 Å². The molecule has 1 saturated heterocycles. The fraction of sp³-hybridized carbons (Fsp3) is 0.444. The highest BCUT2D eigenvalue weighted by atomic mass is 127. The lowest BCUT2D eigenvalue weighted by Gasteiger charge is -2.32. The van der Waals surface area contributed by atoms with Crippen LogP contribution in [0.25, 0.3) is 0 Å². The topological polar surface area (TPSA) is 36.9 Å². The van der Waals surface area contributed by atoms with Gasteiger partial charge in [0, 0.05) is 0 Å². The van der Waals surface area contributed by atoms with Gasteiger partial charge in [-0.1, -0.05) is 40.8 Å². The molecule has 126 valence electrons. The Bertz CT molecular complexity index is 553. The molecule has 1 aliphatic rings. The molecule has 0 radical (unpaired) electrons. The Morgan fingerprint density at radius 2 is 2.04 bits per heavy atom. The van der Waals surface area contributed by atoms with E-state index in [2.05, 4.69) is 29.2 Å². The maximum absolute atomic E-state index is 6.12. The van der Waals surface area contributed by atoms with E-state index in [9.17, 15) is 0 Å². The van der Waals surface area contributed by atoms with Crippen LogP contribution in [-0.2, 0) is 20.8 Å². The number of halogens is 1. The summed E-state index contributed by atoms with van der Waals surface area (Å²) in [4.78, 5) is 0. The van der Waals surface area contributed by atoms with E-state index < -0.39 is 11.4 Å². The highest BCUT2D eigenvalue weighted by Crippen LogP contribution is 2.37. The standard InChI is InChI=1S/C18H23IO4/c1-5-16(18(10-11-19)13-22-17(2,3)23-18)21-12-14-6-8-15(20-4)9-7-14/h5-11,16H,1,12-13H2,2-4H3/b11-10+/t16-,18+/m1/s1. The van der Waals surface area contributed by atoms with Gasteiger partial charge in [0.1, 0.15) is 17.5 Å². The van der Waals surface area contributed by atoms with Gasteiger partial charge >= 0.3 is 0 Å². The number of ether oxygens (including phenoxy) is 4. The Hall–Kier alpha value is -0.890. The lowest BCUT2D eigenvalue weighted by molar-refractivity contribution is -0.172. The molecule has 1 fully saturated rings. The van der Waals surface area contributed by atoms with Crippen LogP contribution < -0.4 is 4.74 Å². The molecule has 0 aliphatic carbocycles. The van der Waals surface area contributed by atoms with E-state index in [1.807, 2.05) is 48.3 Å². The van der Waals surface area contributed by atoms with E-state index in [1.165, 1.54) is 0 Å². The minimum atomic E-state index is -0.654. The summed E-state index contributed by atoms with van der Waals surface area (Å²) in [6.45, 7) is 8.60. The predicted molar refractivity (Wildman–Crippen MR) is 98.8 cm³/mol. The zero-order chi connectivity index (χ0) is 16.9. The predicted octanol–water partition coefficient (Wildman–Crippen LogP) is 4.24. The number of benzene rings is 1. The summed E-state index contributed by atoms with van der Waals surface area (Å²) in [6.07, 6.45) is 3.44. The first kappa shape index (κ1) is 18.4. The molecule has 0 aromatic heterocycles. The van der Waals surface area contributed by atoms with Crippen molar-refractivity contribution in [1.29, 1.82) is 0 Å². The van der Waals surface area contributed by atoms with Crippen LogP contribution in [0.1, 0.15) is 19.4 Å². The summed E-state index contributed by atoms with van der Waals surface area (Å²) in [5, 5.41) is 0. The molecule has 5 heteroatoms. The van der Waals surface area contributed by atoms with E-state index in [0.29, 0.717) is 13.2 Å². The zero-order valence-electron chi connectivity index (χ0n) is 13.8. The third-order valence-electron chi connectivity index (χ3n) is 3.71. The molecule has 1 heterocycles. The fourth-order valence-corrected chi connectivity index (χ4v) is 3.15. The van der Waals surface area contributed by atoms with Gasteiger partial charge in [-0.2, -0.15) is 0 Å². The monoisotopic (exact) mass is 430 g/mol. The number of hydrogen-bond donors (Lipinski definition) is 0. The average Bonchev–Trinajstić information content (AvgIpc) is 2.85. The van der Waals surface area contributed by atoms with Crippen molar-refractivity contribution in [2.24, 2.45) is 0 Å². The largest absolute Gasteiger partial charge is 0.497 e. The molecule has 0 bridgehead atoms. The van der Waals surface area contributed by atoms with E-state index >= 15 is 0 Å². The van der Waals surface area contributed by atoms with E-state index in [1.54, 1.807) is 13.2 Å². The maximum Gasteiger partial charge on any atom is 0.164 e. The summed E-state index contributed by atoms with van der Waals surface area (Å²) in [6, 6.07) is 7.80. The van der Waals surface area contributed by atoms with Gasteiger partial charge in [0.25, 0.3) is 0 Å². The minimum Gasteiger partial charge on any atom is -0.497 e.